The molecule has 1 aliphatic heterocycles. The molecule has 0 saturated carbocycles. The molecule has 0 unspecified atom stereocenters. The molecule has 0 amide bonds. The summed E-state index contributed by atoms with van der Waals surface area (Å²) in [5, 5.41) is 0.374. The van der Waals surface area contributed by atoms with Gasteiger partial charge in [-0.1, -0.05) is 0 Å². The first-order valence-electron chi connectivity index (χ1n) is 5.23. The maximum atomic E-state index is 11.8. The van der Waals surface area contributed by atoms with Crippen molar-refractivity contribution in [3.05, 3.63) is 46.4 Å². The molecule has 2 rings (SSSR count). The van der Waals surface area contributed by atoms with E-state index >= 15 is 0 Å². The van der Waals surface area contributed by atoms with Gasteiger partial charge in [-0.2, -0.15) is 0 Å². The molecule has 19 heavy (non-hydrogen) atoms. The summed E-state index contributed by atoms with van der Waals surface area (Å²) in [6.45, 7) is 0. The van der Waals surface area contributed by atoms with Crippen LogP contribution in [0.4, 0.5) is 0 Å². The molecule has 0 spiro atoms. The molecule has 7 heteroatoms. The molecule has 1 aromatic carbocycles. The van der Waals surface area contributed by atoms with E-state index in [-0.39, 0.29) is 11.3 Å². The third kappa shape index (κ3) is 2.60. The van der Waals surface area contributed by atoms with Crippen LogP contribution >= 0.6 is 0 Å². The fraction of sp³-hybridized carbons (Fsp3) is 0.0833. The first kappa shape index (κ1) is 13.2. The van der Waals surface area contributed by atoms with Crippen LogP contribution < -0.4 is 15.2 Å². The zero-order valence-corrected chi connectivity index (χ0v) is 10.8. The Hall–Kier alpha value is -2.28. The van der Waals surface area contributed by atoms with E-state index in [9.17, 15) is 13.2 Å². The molecular formula is C12H11NO5S. The number of hydrogen-bond donors (Lipinski definition) is 1. The van der Waals surface area contributed by atoms with Crippen molar-refractivity contribution in [2.75, 3.05) is 7.11 Å². The van der Waals surface area contributed by atoms with E-state index in [1.807, 2.05) is 0 Å². The fourth-order valence-electron chi connectivity index (χ4n) is 1.44. The van der Waals surface area contributed by atoms with Gasteiger partial charge in [0.05, 0.1) is 12.7 Å². The van der Waals surface area contributed by atoms with Gasteiger partial charge in [0.15, 0.2) is 0 Å². The summed E-state index contributed by atoms with van der Waals surface area (Å²) in [6, 6.07) is 6.28. The summed E-state index contributed by atoms with van der Waals surface area (Å²) in [4.78, 5) is 11.8. The molecule has 1 heterocycles. The molecular weight excluding hydrogens is 270 g/mol. The first-order valence-corrected chi connectivity index (χ1v) is 6.78. The Bertz CT molecular complexity index is 671. The predicted octanol–water partition coefficient (Wildman–Crippen LogP) is 0.713. The van der Waals surface area contributed by atoms with E-state index in [1.54, 1.807) is 12.1 Å². The van der Waals surface area contributed by atoms with Crippen molar-refractivity contribution in [1.29, 1.82) is 0 Å². The Balaban J connectivity index is 2.18. The number of sulfone groups is 1. The maximum Gasteiger partial charge on any atom is 0.346 e. The van der Waals surface area contributed by atoms with Gasteiger partial charge < -0.3 is 15.2 Å². The van der Waals surface area contributed by atoms with E-state index in [2.05, 4.69) is 0 Å². The Morgan fingerprint density at radius 2 is 1.74 bits per heavy atom. The minimum Gasteiger partial charge on any atom is -0.497 e. The Labute approximate surface area is 110 Å². The van der Waals surface area contributed by atoms with Gasteiger partial charge in [0.2, 0.25) is 9.84 Å². The Kier molecular flexibility index (Phi) is 3.30. The molecule has 0 saturated heterocycles. The highest BCUT2D eigenvalue weighted by atomic mass is 32.2. The molecule has 0 radical (unpaired) electrons. The van der Waals surface area contributed by atoms with E-state index in [4.69, 9.17) is 15.2 Å². The quantitative estimate of drug-likeness (QED) is 0.647. The van der Waals surface area contributed by atoms with E-state index in [0.29, 0.717) is 5.75 Å². The van der Waals surface area contributed by atoms with Crippen LogP contribution in [0.1, 0.15) is 0 Å². The first-order chi connectivity index (χ1) is 8.94. The number of benzene rings is 1. The van der Waals surface area contributed by atoms with Gasteiger partial charge in [0.25, 0.3) is 0 Å². The second-order valence-corrected chi connectivity index (χ2v) is 5.49. The summed E-state index contributed by atoms with van der Waals surface area (Å²) in [5.41, 5.74) is 5.19. The third-order valence-corrected chi connectivity index (χ3v) is 3.80. The van der Waals surface area contributed by atoms with Gasteiger partial charge in [0, 0.05) is 5.41 Å². The van der Waals surface area contributed by atoms with Gasteiger partial charge >= 0.3 is 5.97 Å². The van der Waals surface area contributed by atoms with Crippen molar-refractivity contribution in [1.82, 2.24) is 0 Å². The average Bonchev–Trinajstić information content (AvgIpc) is 2.65. The monoisotopic (exact) mass is 281 g/mol. The van der Waals surface area contributed by atoms with Crippen LogP contribution in [0.15, 0.2) is 46.4 Å². The molecule has 0 bridgehead atoms. The number of carbonyl (C=O) groups is 1. The van der Waals surface area contributed by atoms with Gasteiger partial charge in [-0.3, -0.25) is 0 Å². The lowest BCUT2D eigenvalue weighted by atomic mass is 10.3. The van der Waals surface area contributed by atoms with E-state index in [1.165, 1.54) is 19.2 Å². The Morgan fingerprint density at radius 3 is 2.21 bits per heavy atom. The van der Waals surface area contributed by atoms with E-state index in [0.717, 1.165) is 11.5 Å². The van der Waals surface area contributed by atoms with Crippen molar-refractivity contribution < 1.29 is 22.7 Å². The summed E-state index contributed by atoms with van der Waals surface area (Å²) in [6.07, 6.45) is 1.12. The van der Waals surface area contributed by atoms with Crippen LogP contribution in [0, 0.1) is 0 Å². The van der Waals surface area contributed by atoms with Crippen molar-refractivity contribution in [3.63, 3.8) is 0 Å². The normalized spacial score (nSPS) is 16.5. The number of nitrogens with two attached hydrogens (primary N) is 1. The molecule has 6 nitrogen and oxygen atoms in total. The standard InChI is InChI=1S/C12H11NO5S/c1-17-8-2-4-9(5-3-8)18-12(14)10-6-7-19(15,16)11(10)13/h2-7H,13H2,1H3. The van der Waals surface area contributed by atoms with Crippen LogP contribution in [0.5, 0.6) is 11.5 Å². The highest BCUT2D eigenvalue weighted by Gasteiger charge is 2.27. The molecule has 2 N–H and O–H groups in total. The van der Waals surface area contributed by atoms with Crippen molar-refractivity contribution in [2.45, 2.75) is 0 Å². The zero-order chi connectivity index (χ0) is 14.0. The molecule has 0 atom stereocenters. The fourth-order valence-corrected chi connectivity index (χ4v) is 2.36. The van der Waals surface area contributed by atoms with Gasteiger partial charge in [-0.15, -0.1) is 0 Å². The number of hydrogen-bond acceptors (Lipinski definition) is 6. The summed E-state index contributed by atoms with van der Waals surface area (Å²) < 4.78 is 32.6. The highest BCUT2D eigenvalue weighted by molar-refractivity contribution is 7.98. The summed E-state index contributed by atoms with van der Waals surface area (Å²) in [5.74, 6) is 0.0608. The van der Waals surface area contributed by atoms with Gasteiger partial charge in [0.1, 0.15) is 16.5 Å². The Morgan fingerprint density at radius 1 is 1.16 bits per heavy atom. The second-order valence-electron chi connectivity index (χ2n) is 3.69. The number of ether oxygens (including phenoxy) is 2. The van der Waals surface area contributed by atoms with Gasteiger partial charge in [-0.05, 0) is 30.3 Å². The topological polar surface area (TPSA) is 95.7 Å². The SMILES string of the molecule is COc1ccc(OC(=O)C2=C(N)S(=O)(=O)C=C2)cc1. The van der Waals surface area contributed by atoms with Crippen LogP contribution in [0.25, 0.3) is 0 Å². The lowest BCUT2D eigenvalue weighted by Gasteiger charge is -2.05. The zero-order valence-electron chi connectivity index (χ0n) is 9.99. The number of rotatable bonds is 3. The van der Waals surface area contributed by atoms with Gasteiger partial charge in [-0.25, -0.2) is 13.2 Å². The van der Waals surface area contributed by atoms with Crippen LogP contribution in [-0.2, 0) is 14.6 Å². The molecule has 1 aliphatic rings. The van der Waals surface area contributed by atoms with Crippen molar-refractivity contribution >= 4 is 15.8 Å². The minimum atomic E-state index is -3.67. The lowest BCUT2D eigenvalue weighted by molar-refractivity contribution is -0.129. The smallest absolute Gasteiger partial charge is 0.346 e. The number of carbonyl (C=O) groups excluding carboxylic acids is 1. The van der Waals surface area contributed by atoms with Crippen molar-refractivity contribution in [2.24, 2.45) is 5.73 Å². The minimum absolute atomic E-state index is 0.171. The highest BCUT2D eigenvalue weighted by Crippen LogP contribution is 2.22. The predicted molar refractivity (Wildman–Crippen MR) is 67.9 cm³/mol. The largest absolute Gasteiger partial charge is 0.497 e. The summed E-state index contributed by atoms with van der Waals surface area (Å²) >= 11 is 0. The van der Waals surface area contributed by atoms with E-state index < -0.39 is 20.8 Å². The molecule has 0 aromatic heterocycles. The van der Waals surface area contributed by atoms with Crippen LogP contribution in [-0.4, -0.2) is 21.5 Å². The molecule has 0 fully saturated rings. The number of methoxy groups -OCH3 is 1. The second kappa shape index (κ2) is 4.77. The van der Waals surface area contributed by atoms with Crippen LogP contribution in [0.2, 0.25) is 0 Å². The molecule has 0 aliphatic carbocycles. The third-order valence-electron chi connectivity index (χ3n) is 2.48. The average molecular weight is 281 g/mol. The summed E-state index contributed by atoms with van der Waals surface area (Å²) in [7, 11) is -2.15. The lowest BCUT2D eigenvalue weighted by Crippen LogP contribution is -2.16. The molecule has 100 valence electrons. The molecule has 1 aromatic rings. The van der Waals surface area contributed by atoms with Crippen molar-refractivity contribution in [3.8, 4) is 11.5 Å². The van der Waals surface area contributed by atoms with Crippen LogP contribution in [0.3, 0.4) is 0 Å². The maximum absolute atomic E-state index is 11.8. The number of esters is 1.